The van der Waals surface area contributed by atoms with Gasteiger partial charge in [0.05, 0.1) is 12.2 Å². The van der Waals surface area contributed by atoms with Gasteiger partial charge in [0.25, 0.3) is 0 Å². The van der Waals surface area contributed by atoms with E-state index in [1.54, 1.807) is 11.3 Å². The number of aromatic nitrogens is 1. The van der Waals surface area contributed by atoms with E-state index in [1.807, 2.05) is 30.6 Å². The number of nitrogen functional groups attached to an aromatic ring is 1. The Labute approximate surface area is 107 Å². The summed E-state index contributed by atoms with van der Waals surface area (Å²) in [6.07, 6.45) is 1.81. The molecule has 5 heteroatoms. The van der Waals surface area contributed by atoms with Gasteiger partial charge in [-0.1, -0.05) is 0 Å². The highest BCUT2D eigenvalue weighted by atomic mass is 79.9. The van der Waals surface area contributed by atoms with E-state index in [4.69, 9.17) is 5.73 Å². The van der Waals surface area contributed by atoms with E-state index in [0.29, 0.717) is 5.69 Å². The van der Waals surface area contributed by atoms with Crippen molar-refractivity contribution in [2.75, 3.05) is 11.1 Å². The highest BCUT2D eigenvalue weighted by Gasteiger charge is 2.04. The maximum atomic E-state index is 5.87. The minimum absolute atomic E-state index is 0.688. The number of halogens is 1. The molecule has 3 N–H and O–H groups in total. The van der Waals surface area contributed by atoms with E-state index in [0.717, 1.165) is 22.4 Å². The Bertz CT molecular complexity index is 496. The minimum Gasteiger partial charge on any atom is -0.396 e. The van der Waals surface area contributed by atoms with Crippen LogP contribution in [0.2, 0.25) is 0 Å². The van der Waals surface area contributed by atoms with Gasteiger partial charge in [0.1, 0.15) is 5.82 Å². The summed E-state index contributed by atoms with van der Waals surface area (Å²) in [5.74, 6) is 0.742. The molecule has 2 rings (SSSR count). The lowest BCUT2D eigenvalue weighted by Crippen LogP contribution is -2.04. The van der Waals surface area contributed by atoms with Gasteiger partial charge in [0.15, 0.2) is 0 Å². The third-order valence-corrected chi connectivity index (χ3v) is 4.09. The van der Waals surface area contributed by atoms with Gasteiger partial charge in [-0.2, -0.15) is 0 Å². The van der Waals surface area contributed by atoms with Crippen LogP contribution in [-0.2, 0) is 6.54 Å². The molecule has 2 aromatic rings. The number of thiophene rings is 1. The number of anilines is 2. The van der Waals surface area contributed by atoms with Crippen molar-refractivity contribution < 1.29 is 0 Å². The molecule has 0 saturated carbocycles. The summed E-state index contributed by atoms with van der Waals surface area (Å²) in [4.78, 5) is 5.50. The third kappa shape index (κ3) is 2.54. The highest BCUT2D eigenvalue weighted by Crippen LogP contribution is 2.24. The van der Waals surface area contributed by atoms with E-state index in [2.05, 4.69) is 26.2 Å². The first kappa shape index (κ1) is 11.4. The zero-order valence-electron chi connectivity index (χ0n) is 8.83. The standard InChI is InChI=1S/C11H12BrN3S/c1-7-4-9(13)11(14-5-7)15-6-10-8(12)2-3-16-10/h2-5H,6,13H2,1H3,(H,14,15). The lowest BCUT2D eigenvalue weighted by atomic mass is 10.3. The molecule has 2 heterocycles. The zero-order valence-corrected chi connectivity index (χ0v) is 11.2. The summed E-state index contributed by atoms with van der Waals surface area (Å²) in [5.41, 5.74) is 7.62. The van der Waals surface area contributed by atoms with Crippen LogP contribution in [0.4, 0.5) is 11.5 Å². The summed E-state index contributed by atoms with van der Waals surface area (Å²) >= 11 is 5.19. The summed E-state index contributed by atoms with van der Waals surface area (Å²) in [7, 11) is 0. The van der Waals surface area contributed by atoms with Gasteiger partial charge in [-0.05, 0) is 45.9 Å². The van der Waals surface area contributed by atoms with Crippen LogP contribution < -0.4 is 11.1 Å². The Balaban J connectivity index is 2.08. The van der Waals surface area contributed by atoms with Gasteiger partial charge in [0, 0.05) is 15.5 Å². The van der Waals surface area contributed by atoms with E-state index in [1.165, 1.54) is 4.88 Å². The lowest BCUT2D eigenvalue weighted by Gasteiger charge is -2.07. The molecule has 0 aliphatic carbocycles. The molecule has 0 amide bonds. The Kier molecular flexibility index (Phi) is 3.46. The summed E-state index contributed by atoms with van der Waals surface area (Å²) in [6.45, 7) is 2.71. The molecule has 0 atom stereocenters. The summed E-state index contributed by atoms with van der Waals surface area (Å²) in [5, 5.41) is 5.28. The van der Waals surface area contributed by atoms with Crippen LogP contribution in [0.1, 0.15) is 10.4 Å². The molecule has 0 unspecified atom stereocenters. The van der Waals surface area contributed by atoms with Crippen molar-refractivity contribution in [1.82, 2.24) is 4.98 Å². The van der Waals surface area contributed by atoms with Gasteiger partial charge in [-0.15, -0.1) is 11.3 Å². The van der Waals surface area contributed by atoms with Crippen LogP contribution in [0.15, 0.2) is 28.2 Å². The summed E-state index contributed by atoms with van der Waals surface area (Å²) in [6, 6.07) is 3.95. The van der Waals surface area contributed by atoms with Crippen molar-refractivity contribution in [2.24, 2.45) is 0 Å². The highest BCUT2D eigenvalue weighted by molar-refractivity contribution is 9.10. The first-order chi connectivity index (χ1) is 7.66. The Hall–Kier alpha value is -1.07. The Morgan fingerprint density at radius 2 is 2.38 bits per heavy atom. The number of pyridine rings is 1. The fourth-order valence-corrected chi connectivity index (χ4v) is 2.79. The van der Waals surface area contributed by atoms with Crippen molar-refractivity contribution in [3.05, 3.63) is 38.6 Å². The number of nitrogens with one attached hydrogen (secondary N) is 1. The van der Waals surface area contributed by atoms with E-state index < -0.39 is 0 Å². The first-order valence-corrected chi connectivity index (χ1v) is 6.52. The van der Waals surface area contributed by atoms with E-state index in [-0.39, 0.29) is 0 Å². The number of rotatable bonds is 3. The second-order valence-electron chi connectivity index (χ2n) is 3.50. The van der Waals surface area contributed by atoms with Crippen molar-refractivity contribution in [1.29, 1.82) is 0 Å². The van der Waals surface area contributed by atoms with Crippen molar-refractivity contribution in [3.63, 3.8) is 0 Å². The van der Waals surface area contributed by atoms with Crippen LogP contribution in [0.5, 0.6) is 0 Å². The molecule has 0 fully saturated rings. The number of hydrogen-bond donors (Lipinski definition) is 2. The molecule has 0 aliphatic heterocycles. The van der Waals surface area contributed by atoms with Crippen LogP contribution >= 0.6 is 27.3 Å². The molecular weight excluding hydrogens is 286 g/mol. The zero-order chi connectivity index (χ0) is 11.5. The second kappa shape index (κ2) is 4.84. The minimum atomic E-state index is 0.688. The normalized spacial score (nSPS) is 10.4. The van der Waals surface area contributed by atoms with Gasteiger partial charge < -0.3 is 11.1 Å². The second-order valence-corrected chi connectivity index (χ2v) is 5.35. The molecular formula is C11H12BrN3S. The van der Waals surface area contributed by atoms with Gasteiger partial charge in [0.2, 0.25) is 0 Å². The average molecular weight is 298 g/mol. The van der Waals surface area contributed by atoms with Gasteiger partial charge in [-0.25, -0.2) is 4.98 Å². The van der Waals surface area contributed by atoms with Gasteiger partial charge >= 0.3 is 0 Å². The first-order valence-electron chi connectivity index (χ1n) is 4.84. The third-order valence-electron chi connectivity index (χ3n) is 2.16. The molecule has 3 nitrogen and oxygen atoms in total. The predicted molar refractivity (Wildman–Crippen MR) is 72.7 cm³/mol. The van der Waals surface area contributed by atoms with E-state index >= 15 is 0 Å². The van der Waals surface area contributed by atoms with Crippen molar-refractivity contribution in [3.8, 4) is 0 Å². The molecule has 0 spiro atoms. The van der Waals surface area contributed by atoms with Crippen LogP contribution in [-0.4, -0.2) is 4.98 Å². The molecule has 0 radical (unpaired) electrons. The fraction of sp³-hybridized carbons (Fsp3) is 0.182. The Morgan fingerprint density at radius 3 is 3.00 bits per heavy atom. The number of nitrogens with two attached hydrogens (primary N) is 1. The van der Waals surface area contributed by atoms with E-state index in [9.17, 15) is 0 Å². The van der Waals surface area contributed by atoms with Crippen LogP contribution in [0.25, 0.3) is 0 Å². The smallest absolute Gasteiger partial charge is 0.149 e. The SMILES string of the molecule is Cc1cnc(NCc2sccc2Br)c(N)c1. The average Bonchev–Trinajstić information content (AvgIpc) is 2.63. The van der Waals surface area contributed by atoms with Crippen LogP contribution in [0, 0.1) is 6.92 Å². The maximum absolute atomic E-state index is 5.87. The molecule has 16 heavy (non-hydrogen) atoms. The Morgan fingerprint density at radius 1 is 1.56 bits per heavy atom. The fourth-order valence-electron chi connectivity index (χ4n) is 1.35. The maximum Gasteiger partial charge on any atom is 0.149 e. The molecule has 0 aromatic carbocycles. The van der Waals surface area contributed by atoms with Crippen molar-refractivity contribution >= 4 is 38.8 Å². The topological polar surface area (TPSA) is 50.9 Å². The largest absolute Gasteiger partial charge is 0.396 e. The lowest BCUT2D eigenvalue weighted by molar-refractivity contribution is 1.13. The molecule has 0 aliphatic rings. The number of hydrogen-bond acceptors (Lipinski definition) is 4. The number of aryl methyl sites for hydroxylation is 1. The predicted octanol–water partition coefficient (Wildman–Crippen LogP) is 3.41. The monoisotopic (exact) mass is 297 g/mol. The number of nitrogens with zero attached hydrogens (tertiary/aromatic N) is 1. The summed E-state index contributed by atoms with van der Waals surface area (Å²) < 4.78 is 1.12. The molecule has 0 saturated heterocycles. The van der Waals surface area contributed by atoms with Gasteiger partial charge in [-0.3, -0.25) is 0 Å². The molecule has 84 valence electrons. The van der Waals surface area contributed by atoms with Crippen LogP contribution in [0.3, 0.4) is 0 Å². The van der Waals surface area contributed by atoms with Crippen molar-refractivity contribution in [2.45, 2.75) is 13.5 Å². The molecule has 2 aromatic heterocycles. The quantitative estimate of drug-likeness (QED) is 0.913. The molecule has 0 bridgehead atoms.